The van der Waals surface area contributed by atoms with Crippen LogP contribution in [0, 0.1) is 18.3 Å². The van der Waals surface area contributed by atoms with Crippen molar-refractivity contribution in [1.82, 2.24) is 15.3 Å². The highest BCUT2D eigenvalue weighted by atomic mass is 35.5. The number of aliphatic carboxylic acids is 1. The zero-order chi connectivity index (χ0) is 32.0. The van der Waals surface area contributed by atoms with Crippen molar-refractivity contribution in [1.29, 1.82) is 5.26 Å². The van der Waals surface area contributed by atoms with Gasteiger partial charge in [-0.25, -0.2) is 0 Å². The molecule has 1 unspecified atom stereocenters. The summed E-state index contributed by atoms with van der Waals surface area (Å²) in [6.07, 6.45) is 4.93. The molecule has 2 aromatic heterocycles. The highest BCUT2D eigenvalue weighted by Gasteiger charge is 2.32. The number of halogens is 1. The third kappa shape index (κ3) is 7.21. The molecule has 0 spiro atoms. The number of nitriles is 1. The van der Waals surface area contributed by atoms with Crippen LogP contribution in [0.4, 0.5) is 0 Å². The summed E-state index contributed by atoms with van der Waals surface area (Å²) in [6.45, 7) is 3.15. The van der Waals surface area contributed by atoms with Gasteiger partial charge in [0.2, 0.25) is 0 Å². The molecule has 0 aliphatic heterocycles. The Morgan fingerprint density at radius 1 is 0.978 bits per heavy atom. The summed E-state index contributed by atoms with van der Waals surface area (Å²) in [7, 11) is 0. The van der Waals surface area contributed by atoms with Gasteiger partial charge in [-0.15, -0.1) is 0 Å². The summed E-state index contributed by atoms with van der Waals surface area (Å²) in [4.78, 5) is 20.5. The van der Waals surface area contributed by atoms with E-state index in [1.165, 1.54) is 13.1 Å². The van der Waals surface area contributed by atoms with Crippen LogP contribution in [-0.4, -0.2) is 38.3 Å². The number of carbonyl (C=O) groups is 1. The number of carboxylic acid groups (broad SMARTS) is 1. The molecule has 9 nitrogen and oxygen atoms in total. The van der Waals surface area contributed by atoms with Crippen molar-refractivity contribution < 1.29 is 24.5 Å². The minimum absolute atomic E-state index is 0.0368. The average Bonchev–Trinajstić information content (AvgIpc) is 3.06. The van der Waals surface area contributed by atoms with E-state index in [0.717, 1.165) is 33.2 Å². The average molecular weight is 623 g/mol. The van der Waals surface area contributed by atoms with Gasteiger partial charge in [0.05, 0.1) is 22.9 Å². The number of benzene rings is 3. The summed E-state index contributed by atoms with van der Waals surface area (Å²) >= 11 is 6.66. The molecule has 45 heavy (non-hydrogen) atoms. The van der Waals surface area contributed by atoms with Gasteiger partial charge in [0.25, 0.3) is 0 Å². The van der Waals surface area contributed by atoms with Crippen LogP contribution in [0.1, 0.15) is 34.7 Å². The molecule has 5 rings (SSSR count). The Balaban J connectivity index is 1.40. The Morgan fingerprint density at radius 3 is 2.51 bits per heavy atom. The first-order valence-corrected chi connectivity index (χ1v) is 14.5. The van der Waals surface area contributed by atoms with Crippen molar-refractivity contribution in [3.05, 3.63) is 118 Å². The van der Waals surface area contributed by atoms with Gasteiger partial charge >= 0.3 is 5.97 Å². The normalized spacial score (nSPS) is 12.3. The van der Waals surface area contributed by atoms with Crippen molar-refractivity contribution in [3.63, 3.8) is 0 Å². The standard InChI is InChI=1S/C35H31ClN4O5/c1-22-27(8-5-9-29(22)31-12-25-6-3-4-7-26(25)17-39-31)20-45-33-13-32(44-19-24-10-23(14-37)15-38-16-24)28(11-30(33)36)18-40-35(2,21-41)34(42)43/h3-13,15-17,40-41H,18-21H2,1-2H3,(H,42,43). The zero-order valence-corrected chi connectivity index (χ0v) is 25.5. The Kier molecular flexibility index (Phi) is 9.59. The van der Waals surface area contributed by atoms with Gasteiger partial charge in [0.15, 0.2) is 0 Å². The lowest BCUT2D eigenvalue weighted by Gasteiger charge is -2.25. The topological polar surface area (TPSA) is 138 Å². The van der Waals surface area contributed by atoms with Crippen LogP contribution in [-0.2, 0) is 24.6 Å². The molecule has 0 aliphatic carbocycles. The van der Waals surface area contributed by atoms with E-state index in [4.69, 9.17) is 21.1 Å². The number of hydrogen-bond donors (Lipinski definition) is 3. The fraction of sp³-hybridized carbons (Fsp3) is 0.200. The lowest BCUT2D eigenvalue weighted by atomic mass is 9.99. The van der Waals surface area contributed by atoms with Crippen molar-refractivity contribution in [2.45, 2.75) is 39.1 Å². The van der Waals surface area contributed by atoms with Crippen LogP contribution in [0.15, 0.2) is 85.3 Å². The Labute approximate surface area is 265 Å². The number of aliphatic hydroxyl groups is 1. The van der Waals surface area contributed by atoms with E-state index in [1.54, 1.807) is 24.4 Å². The monoisotopic (exact) mass is 622 g/mol. The van der Waals surface area contributed by atoms with Crippen LogP contribution in [0.2, 0.25) is 5.02 Å². The molecular weight excluding hydrogens is 592 g/mol. The van der Waals surface area contributed by atoms with E-state index in [0.29, 0.717) is 33.2 Å². The molecule has 0 saturated carbocycles. The molecule has 0 amide bonds. The lowest BCUT2D eigenvalue weighted by Crippen LogP contribution is -2.52. The highest BCUT2D eigenvalue weighted by Crippen LogP contribution is 2.35. The van der Waals surface area contributed by atoms with Crippen molar-refractivity contribution in [3.8, 4) is 28.8 Å². The number of pyridine rings is 2. The SMILES string of the molecule is Cc1c(COc2cc(OCc3cncc(C#N)c3)c(CNC(C)(CO)C(=O)O)cc2Cl)cccc1-c1cc2ccccc2cn1. The van der Waals surface area contributed by atoms with Crippen molar-refractivity contribution in [2.75, 3.05) is 6.61 Å². The zero-order valence-electron chi connectivity index (χ0n) is 24.8. The molecule has 1 atom stereocenters. The molecule has 5 aromatic rings. The molecule has 3 aromatic carbocycles. The van der Waals surface area contributed by atoms with Gasteiger partial charge in [-0.1, -0.05) is 54.1 Å². The Bertz CT molecular complexity index is 1910. The molecule has 0 saturated heterocycles. The third-order valence-electron chi connectivity index (χ3n) is 7.63. The Morgan fingerprint density at radius 2 is 1.76 bits per heavy atom. The second kappa shape index (κ2) is 13.7. The number of nitrogens with one attached hydrogen (secondary N) is 1. The van der Waals surface area contributed by atoms with Crippen LogP contribution >= 0.6 is 11.6 Å². The molecule has 0 fully saturated rings. The van der Waals surface area contributed by atoms with Crippen LogP contribution in [0.5, 0.6) is 11.5 Å². The number of nitrogens with zero attached hydrogens (tertiary/aromatic N) is 3. The summed E-state index contributed by atoms with van der Waals surface area (Å²) in [6, 6.07) is 23.2. The van der Waals surface area contributed by atoms with Crippen molar-refractivity contribution in [2.24, 2.45) is 0 Å². The molecule has 0 aliphatic rings. The number of ether oxygens (including phenoxy) is 2. The van der Waals surface area contributed by atoms with Crippen LogP contribution < -0.4 is 14.8 Å². The molecule has 228 valence electrons. The minimum Gasteiger partial charge on any atom is -0.488 e. The molecule has 0 bridgehead atoms. The fourth-order valence-corrected chi connectivity index (χ4v) is 4.98. The second-order valence-electron chi connectivity index (χ2n) is 10.8. The third-order valence-corrected chi connectivity index (χ3v) is 7.92. The van der Waals surface area contributed by atoms with E-state index >= 15 is 0 Å². The molecule has 3 N–H and O–H groups in total. The predicted octanol–water partition coefficient (Wildman–Crippen LogP) is 6.21. The van der Waals surface area contributed by atoms with Crippen LogP contribution in [0.25, 0.3) is 22.0 Å². The number of fused-ring (bicyclic) bond motifs is 1. The number of carboxylic acids is 1. The molecule has 0 radical (unpaired) electrons. The summed E-state index contributed by atoms with van der Waals surface area (Å²) < 4.78 is 12.3. The molecular formula is C35H31ClN4O5. The maximum absolute atomic E-state index is 11.7. The maximum Gasteiger partial charge on any atom is 0.326 e. The maximum atomic E-state index is 11.7. The Hall–Kier alpha value is -5.01. The largest absolute Gasteiger partial charge is 0.488 e. The summed E-state index contributed by atoms with van der Waals surface area (Å²) in [5.74, 6) is -0.439. The quantitative estimate of drug-likeness (QED) is 0.148. The van der Waals surface area contributed by atoms with Gasteiger partial charge in [0.1, 0.15) is 36.3 Å². The minimum atomic E-state index is -1.58. The van der Waals surface area contributed by atoms with Gasteiger partial charge in [-0.2, -0.15) is 5.26 Å². The number of aromatic nitrogens is 2. The van der Waals surface area contributed by atoms with Gasteiger partial charge < -0.3 is 19.7 Å². The number of rotatable bonds is 12. The number of aliphatic hydroxyl groups excluding tert-OH is 1. The summed E-state index contributed by atoms with van der Waals surface area (Å²) in [5.41, 5.74) is 3.88. The second-order valence-corrected chi connectivity index (χ2v) is 11.2. The van der Waals surface area contributed by atoms with Crippen molar-refractivity contribution >= 4 is 28.3 Å². The predicted molar refractivity (Wildman–Crippen MR) is 171 cm³/mol. The number of hydrogen-bond acceptors (Lipinski definition) is 8. The van der Waals surface area contributed by atoms with Gasteiger partial charge in [-0.05, 0) is 48.6 Å². The van der Waals surface area contributed by atoms with E-state index in [-0.39, 0.29) is 19.8 Å². The van der Waals surface area contributed by atoms with E-state index in [9.17, 15) is 20.3 Å². The van der Waals surface area contributed by atoms with Gasteiger partial charge in [-0.3, -0.25) is 20.1 Å². The molecule has 2 heterocycles. The van der Waals surface area contributed by atoms with E-state index < -0.39 is 18.1 Å². The first-order valence-electron chi connectivity index (χ1n) is 14.2. The fourth-order valence-electron chi connectivity index (χ4n) is 4.74. The van der Waals surface area contributed by atoms with Gasteiger partial charge in [0, 0.05) is 53.3 Å². The van der Waals surface area contributed by atoms with E-state index in [1.807, 2.05) is 49.5 Å². The first-order chi connectivity index (χ1) is 21.7. The summed E-state index contributed by atoms with van der Waals surface area (Å²) in [5, 5.41) is 33.8. The van der Waals surface area contributed by atoms with Crippen LogP contribution in [0.3, 0.4) is 0 Å². The smallest absolute Gasteiger partial charge is 0.326 e. The first kappa shape index (κ1) is 31.4. The highest BCUT2D eigenvalue weighted by molar-refractivity contribution is 6.32. The molecule has 10 heteroatoms. The van der Waals surface area contributed by atoms with E-state index in [2.05, 4.69) is 33.5 Å². The lowest BCUT2D eigenvalue weighted by molar-refractivity contribution is -0.145.